The van der Waals surface area contributed by atoms with E-state index in [2.05, 4.69) is 20.9 Å². The van der Waals surface area contributed by atoms with Gasteiger partial charge in [0.05, 0.1) is 26.8 Å². The number of ether oxygens (including phenoxy) is 1. The van der Waals surface area contributed by atoms with Crippen molar-refractivity contribution in [1.82, 2.24) is 4.98 Å². The Bertz CT molecular complexity index is 452. The van der Waals surface area contributed by atoms with E-state index in [0.717, 1.165) is 25.4 Å². The molecule has 4 heteroatoms. The Hall–Kier alpha value is -0.610. The van der Waals surface area contributed by atoms with Crippen LogP contribution in [0.2, 0.25) is 0 Å². The molecule has 0 bridgehead atoms. The number of fused-ring (bicyclic) bond motifs is 1. The summed E-state index contributed by atoms with van der Waals surface area (Å²) >= 11 is 5.17. The highest BCUT2D eigenvalue weighted by molar-refractivity contribution is 9.10. The van der Waals surface area contributed by atoms with Crippen LogP contribution in [-0.2, 0) is 0 Å². The van der Waals surface area contributed by atoms with Crippen LogP contribution in [0, 0.1) is 6.92 Å². The SMILES string of the molecule is COc1ccc2nc(C)sc2c1Br. The summed E-state index contributed by atoms with van der Waals surface area (Å²) < 4.78 is 7.34. The topological polar surface area (TPSA) is 22.1 Å². The van der Waals surface area contributed by atoms with Crippen molar-refractivity contribution in [3.05, 3.63) is 21.6 Å². The van der Waals surface area contributed by atoms with Crippen LogP contribution in [0.1, 0.15) is 5.01 Å². The lowest BCUT2D eigenvalue weighted by Crippen LogP contribution is -1.83. The maximum atomic E-state index is 5.19. The number of hydrogen-bond acceptors (Lipinski definition) is 3. The minimum Gasteiger partial charge on any atom is -0.496 e. The smallest absolute Gasteiger partial charge is 0.134 e. The Morgan fingerprint density at radius 2 is 2.23 bits per heavy atom. The Morgan fingerprint density at radius 1 is 1.46 bits per heavy atom. The third-order valence-electron chi connectivity index (χ3n) is 1.79. The molecule has 0 amide bonds. The molecule has 0 radical (unpaired) electrons. The molecule has 0 saturated carbocycles. The number of rotatable bonds is 1. The highest BCUT2D eigenvalue weighted by Gasteiger charge is 2.08. The first-order valence-corrected chi connectivity index (χ1v) is 5.43. The van der Waals surface area contributed by atoms with Gasteiger partial charge in [-0.3, -0.25) is 0 Å². The van der Waals surface area contributed by atoms with Crippen LogP contribution in [0.3, 0.4) is 0 Å². The number of aromatic nitrogens is 1. The Labute approximate surface area is 88.7 Å². The fraction of sp³-hybridized carbons (Fsp3) is 0.222. The highest BCUT2D eigenvalue weighted by atomic mass is 79.9. The van der Waals surface area contributed by atoms with Gasteiger partial charge in [0.25, 0.3) is 0 Å². The normalized spacial score (nSPS) is 10.7. The zero-order chi connectivity index (χ0) is 9.42. The molecule has 0 spiro atoms. The zero-order valence-corrected chi connectivity index (χ0v) is 9.70. The summed E-state index contributed by atoms with van der Waals surface area (Å²) in [7, 11) is 1.67. The maximum absolute atomic E-state index is 5.19. The number of benzene rings is 1. The molecular formula is C9H8BrNOS. The van der Waals surface area contributed by atoms with Gasteiger partial charge in [0.15, 0.2) is 0 Å². The van der Waals surface area contributed by atoms with Crippen LogP contribution < -0.4 is 4.74 Å². The lowest BCUT2D eigenvalue weighted by atomic mass is 10.3. The Kier molecular flexibility index (Phi) is 2.26. The molecule has 13 heavy (non-hydrogen) atoms. The van der Waals surface area contributed by atoms with E-state index in [1.165, 1.54) is 0 Å². The lowest BCUT2D eigenvalue weighted by molar-refractivity contribution is 0.413. The van der Waals surface area contributed by atoms with Gasteiger partial charge in [-0.2, -0.15) is 0 Å². The van der Waals surface area contributed by atoms with Crippen molar-refractivity contribution in [3.8, 4) is 5.75 Å². The van der Waals surface area contributed by atoms with Gasteiger partial charge in [0.2, 0.25) is 0 Å². The standard InChI is InChI=1S/C9H8BrNOS/c1-5-11-6-3-4-7(12-2)8(10)9(6)13-5/h3-4H,1-2H3. The van der Waals surface area contributed by atoms with Crippen LogP contribution in [0.25, 0.3) is 10.2 Å². The second kappa shape index (κ2) is 3.27. The van der Waals surface area contributed by atoms with Gasteiger partial charge in [-0.25, -0.2) is 4.98 Å². The predicted molar refractivity (Wildman–Crippen MR) is 58.6 cm³/mol. The molecule has 0 aliphatic carbocycles. The minimum atomic E-state index is 0.858. The van der Waals surface area contributed by atoms with E-state index >= 15 is 0 Å². The van der Waals surface area contributed by atoms with E-state index in [9.17, 15) is 0 Å². The van der Waals surface area contributed by atoms with E-state index in [4.69, 9.17) is 4.74 Å². The van der Waals surface area contributed by atoms with Crippen molar-refractivity contribution in [3.63, 3.8) is 0 Å². The van der Waals surface area contributed by atoms with Crippen molar-refractivity contribution in [2.45, 2.75) is 6.92 Å². The number of aryl methyl sites for hydroxylation is 1. The second-order valence-electron chi connectivity index (χ2n) is 2.66. The van der Waals surface area contributed by atoms with Crippen molar-refractivity contribution in [1.29, 1.82) is 0 Å². The second-order valence-corrected chi connectivity index (χ2v) is 4.66. The maximum Gasteiger partial charge on any atom is 0.134 e. The molecule has 2 rings (SSSR count). The Balaban J connectivity index is 2.78. The first kappa shape index (κ1) is 8.97. The van der Waals surface area contributed by atoms with E-state index in [1.54, 1.807) is 18.4 Å². The number of nitrogens with zero attached hydrogens (tertiary/aromatic N) is 1. The van der Waals surface area contributed by atoms with Crippen molar-refractivity contribution < 1.29 is 4.74 Å². The third kappa shape index (κ3) is 1.44. The van der Waals surface area contributed by atoms with E-state index in [-0.39, 0.29) is 0 Å². The van der Waals surface area contributed by atoms with Gasteiger partial charge in [-0.1, -0.05) is 0 Å². The molecule has 0 unspecified atom stereocenters. The number of hydrogen-bond donors (Lipinski definition) is 0. The summed E-state index contributed by atoms with van der Waals surface area (Å²) in [6.07, 6.45) is 0. The molecule has 1 heterocycles. The van der Waals surface area contributed by atoms with Crippen LogP contribution >= 0.6 is 27.3 Å². The minimum absolute atomic E-state index is 0.858. The average molecular weight is 258 g/mol. The van der Waals surface area contributed by atoms with E-state index < -0.39 is 0 Å². The summed E-state index contributed by atoms with van der Waals surface area (Å²) in [5.41, 5.74) is 1.02. The summed E-state index contributed by atoms with van der Waals surface area (Å²) in [6, 6.07) is 3.90. The average Bonchev–Trinajstić information content (AvgIpc) is 2.47. The van der Waals surface area contributed by atoms with Crippen LogP contribution in [0.15, 0.2) is 16.6 Å². The molecule has 0 atom stereocenters. The van der Waals surface area contributed by atoms with Crippen molar-refractivity contribution in [2.75, 3.05) is 7.11 Å². The summed E-state index contributed by atoms with van der Waals surface area (Å²) in [6.45, 7) is 2.00. The van der Waals surface area contributed by atoms with Gasteiger partial charge in [-0.05, 0) is 35.0 Å². The zero-order valence-electron chi connectivity index (χ0n) is 7.30. The summed E-state index contributed by atoms with van der Waals surface area (Å²) in [5.74, 6) is 0.858. The molecule has 0 fully saturated rings. The fourth-order valence-electron chi connectivity index (χ4n) is 1.21. The quantitative estimate of drug-likeness (QED) is 0.782. The molecule has 2 aromatic rings. The lowest BCUT2D eigenvalue weighted by Gasteiger charge is -2.01. The largest absolute Gasteiger partial charge is 0.496 e. The van der Waals surface area contributed by atoms with Crippen LogP contribution in [0.5, 0.6) is 5.75 Å². The first-order valence-electron chi connectivity index (χ1n) is 3.82. The molecule has 0 aliphatic rings. The molecular weight excluding hydrogens is 250 g/mol. The summed E-state index contributed by atoms with van der Waals surface area (Å²) in [4.78, 5) is 4.38. The third-order valence-corrected chi connectivity index (χ3v) is 3.84. The van der Waals surface area contributed by atoms with Crippen molar-refractivity contribution in [2.24, 2.45) is 0 Å². The molecule has 2 nitrogen and oxygen atoms in total. The Morgan fingerprint density at radius 3 is 2.92 bits per heavy atom. The van der Waals surface area contributed by atoms with Gasteiger partial charge in [0.1, 0.15) is 5.75 Å². The molecule has 0 aliphatic heterocycles. The molecule has 68 valence electrons. The van der Waals surface area contributed by atoms with Gasteiger partial charge >= 0.3 is 0 Å². The van der Waals surface area contributed by atoms with E-state index in [1.807, 2.05) is 19.1 Å². The first-order chi connectivity index (χ1) is 6.22. The number of halogens is 1. The monoisotopic (exact) mass is 257 g/mol. The van der Waals surface area contributed by atoms with Gasteiger partial charge in [0, 0.05) is 0 Å². The van der Waals surface area contributed by atoms with Gasteiger partial charge in [-0.15, -0.1) is 11.3 Å². The molecule has 0 N–H and O–H groups in total. The number of thiazole rings is 1. The summed E-state index contributed by atoms with van der Waals surface area (Å²) in [5, 5.41) is 1.07. The highest BCUT2D eigenvalue weighted by Crippen LogP contribution is 2.36. The van der Waals surface area contributed by atoms with E-state index in [0.29, 0.717) is 0 Å². The predicted octanol–water partition coefficient (Wildman–Crippen LogP) is 3.38. The van der Waals surface area contributed by atoms with Crippen LogP contribution in [-0.4, -0.2) is 12.1 Å². The van der Waals surface area contributed by atoms with Crippen LogP contribution in [0.4, 0.5) is 0 Å². The van der Waals surface area contributed by atoms with Gasteiger partial charge < -0.3 is 4.74 Å². The van der Waals surface area contributed by atoms with Crippen molar-refractivity contribution >= 4 is 37.5 Å². The number of methoxy groups -OCH3 is 1. The molecule has 1 aromatic carbocycles. The molecule has 1 aromatic heterocycles. The molecule has 0 saturated heterocycles. The fourth-order valence-corrected chi connectivity index (χ4v) is 2.80.